The maximum atomic E-state index is 11.4. The van der Waals surface area contributed by atoms with E-state index >= 15 is 0 Å². The smallest absolute Gasteiger partial charge is 0.227 e. The lowest BCUT2D eigenvalue weighted by Crippen LogP contribution is -2.31. The molecule has 1 saturated carbocycles. The standard InChI is InChI=1S/C25H29ClN6O.C2H7N.C2H6/c1-31-8-6-22(7-9-31)32-15-21(14-29-32)30-25-27-12-17(13-28-25)2-3-20-10-18(16-33)11-23(24(20)26)19-4-5-19;1-3-2;1-2/h10-16,19,22H,2-9H2,1H3,(H,27,28,30);3H,1-2H3;1-2H3. The molecule has 0 atom stereocenters. The number of aryl methyl sites for hydroxylation is 2. The van der Waals surface area contributed by atoms with Crippen LogP contribution < -0.4 is 10.6 Å². The first-order chi connectivity index (χ1) is 18.5. The van der Waals surface area contributed by atoms with Crippen molar-refractivity contribution < 1.29 is 4.79 Å². The van der Waals surface area contributed by atoms with E-state index in [-0.39, 0.29) is 0 Å². The molecule has 8 nitrogen and oxygen atoms in total. The molecule has 0 bridgehead atoms. The molecule has 206 valence electrons. The van der Waals surface area contributed by atoms with E-state index in [2.05, 4.69) is 42.3 Å². The van der Waals surface area contributed by atoms with Gasteiger partial charge in [-0.3, -0.25) is 9.48 Å². The van der Waals surface area contributed by atoms with Gasteiger partial charge in [0.15, 0.2) is 0 Å². The Morgan fingerprint density at radius 3 is 2.29 bits per heavy atom. The predicted molar refractivity (Wildman–Crippen MR) is 156 cm³/mol. The normalized spacial score (nSPS) is 15.6. The van der Waals surface area contributed by atoms with Crippen molar-refractivity contribution in [1.82, 2.24) is 30.0 Å². The van der Waals surface area contributed by atoms with Crippen LogP contribution in [0.3, 0.4) is 0 Å². The molecule has 2 fully saturated rings. The Balaban J connectivity index is 0.000000748. The highest BCUT2D eigenvalue weighted by Crippen LogP contribution is 2.44. The monoisotopic (exact) mass is 539 g/mol. The summed E-state index contributed by atoms with van der Waals surface area (Å²) in [6.07, 6.45) is 14.5. The zero-order chi connectivity index (χ0) is 27.5. The van der Waals surface area contributed by atoms with Crippen molar-refractivity contribution in [2.75, 3.05) is 39.5 Å². The summed E-state index contributed by atoms with van der Waals surface area (Å²) in [6.45, 7) is 6.20. The number of benzene rings is 1. The van der Waals surface area contributed by atoms with Crippen LogP contribution in [0.15, 0.2) is 36.9 Å². The molecule has 1 aromatic carbocycles. The summed E-state index contributed by atoms with van der Waals surface area (Å²) in [7, 11) is 5.91. The summed E-state index contributed by atoms with van der Waals surface area (Å²) in [6, 6.07) is 4.29. The van der Waals surface area contributed by atoms with Crippen LogP contribution in [0.5, 0.6) is 0 Å². The Morgan fingerprint density at radius 1 is 1.03 bits per heavy atom. The van der Waals surface area contributed by atoms with E-state index in [1.807, 2.05) is 64.9 Å². The molecule has 5 rings (SSSR count). The van der Waals surface area contributed by atoms with Gasteiger partial charge in [-0.1, -0.05) is 25.4 Å². The fourth-order valence-electron chi connectivity index (χ4n) is 4.49. The number of hydrogen-bond acceptors (Lipinski definition) is 7. The summed E-state index contributed by atoms with van der Waals surface area (Å²) in [4.78, 5) is 22.7. The third-order valence-electron chi connectivity index (χ3n) is 6.66. The molecule has 1 aliphatic heterocycles. The third-order valence-corrected chi connectivity index (χ3v) is 7.12. The molecule has 0 unspecified atom stereocenters. The van der Waals surface area contributed by atoms with Crippen molar-refractivity contribution in [3.63, 3.8) is 0 Å². The van der Waals surface area contributed by atoms with E-state index in [0.29, 0.717) is 23.5 Å². The fraction of sp³-hybridized carbons (Fsp3) is 0.517. The lowest BCUT2D eigenvalue weighted by Gasteiger charge is -2.28. The number of carbonyl (C=O) groups is 1. The van der Waals surface area contributed by atoms with E-state index in [1.54, 1.807) is 0 Å². The van der Waals surface area contributed by atoms with Gasteiger partial charge in [0.05, 0.1) is 17.9 Å². The van der Waals surface area contributed by atoms with Crippen molar-refractivity contribution in [3.05, 3.63) is 64.2 Å². The highest BCUT2D eigenvalue weighted by molar-refractivity contribution is 6.32. The largest absolute Gasteiger partial charge is 0.323 e. The first-order valence-electron chi connectivity index (χ1n) is 13.7. The molecule has 1 aliphatic carbocycles. The van der Waals surface area contributed by atoms with Gasteiger partial charge in [0.25, 0.3) is 0 Å². The second-order valence-corrected chi connectivity index (χ2v) is 10.1. The zero-order valence-electron chi connectivity index (χ0n) is 23.4. The summed E-state index contributed by atoms with van der Waals surface area (Å²) in [5.41, 5.74) is 4.77. The lowest BCUT2D eigenvalue weighted by atomic mass is 9.99. The number of nitrogens with one attached hydrogen (secondary N) is 2. The van der Waals surface area contributed by atoms with E-state index < -0.39 is 0 Å². The Hall–Kier alpha value is -2.81. The molecule has 38 heavy (non-hydrogen) atoms. The number of anilines is 2. The Labute approximate surface area is 232 Å². The zero-order valence-corrected chi connectivity index (χ0v) is 24.1. The SMILES string of the molecule is CC.CN1CCC(n2cc(Nc3ncc(CCc4cc(C=O)cc(C5CC5)c4Cl)cn3)cn2)CC1.CNC. The molecule has 2 aromatic heterocycles. The van der Waals surface area contributed by atoms with Crippen molar-refractivity contribution in [2.24, 2.45) is 0 Å². The Morgan fingerprint density at radius 2 is 1.68 bits per heavy atom. The van der Waals surface area contributed by atoms with Crippen molar-refractivity contribution in [3.8, 4) is 0 Å². The minimum absolute atomic E-state index is 0.449. The van der Waals surface area contributed by atoms with Crippen LogP contribution in [0.1, 0.15) is 78.5 Å². The first kappa shape index (κ1) is 29.7. The minimum Gasteiger partial charge on any atom is -0.323 e. The van der Waals surface area contributed by atoms with Crippen LogP contribution >= 0.6 is 11.6 Å². The molecule has 3 aromatic rings. The number of hydrogen-bond donors (Lipinski definition) is 2. The van der Waals surface area contributed by atoms with Crippen LogP contribution in [0.2, 0.25) is 5.02 Å². The average molecular weight is 540 g/mol. The lowest BCUT2D eigenvalue weighted by molar-refractivity contribution is 0.112. The number of nitrogens with zero attached hydrogens (tertiary/aromatic N) is 5. The van der Waals surface area contributed by atoms with E-state index in [9.17, 15) is 4.79 Å². The van der Waals surface area contributed by atoms with Crippen molar-refractivity contribution in [1.29, 1.82) is 0 Å². The van der Waals surface area contributed by atoms with Crippen LogP contribution in [0, 0.1) is 0 Å². The van der Waals surface area contributed by atoms with Gasteiger partial charge in [-0.2, -0.15) is 5.10 Å². The molecule has 0 spiro atoms. The number of halogens is 1. The van der Waals surface area contributed by atoms with Crippen LogP contribution in [-0.2, 0) is 12.8 Å². The predicted octanol–water partition coefficient (Wildman–Crippen LogP) is 5.67. The van der Waals surface area contributed by atoms with E-state index in [4.69, 9.17) is 11.6 Å². The summed E-state index contributed by atoms with van der Waals surface area (Å²) in [5, 5.41) is 11.3. The number of aromatic nitrogens is 4. The Kier molecular flexibility index (Phi) is 11.7. The van der Waals surface area contributed by atoms with E-state index in [0.717, 1.165) is 85.3 Å². The molecule has 0 radical (unpaired) electrons. The van der Waals surface area contributed by atoms with Gasteiger partial charge in [-0.25, -0.2) is 9.97 Å². The average Bonchev–Trinajstić information content (AvgIpc) is 3.69. The third kappa shape index (κ3) is 8.35. The van der Waals surface area contributed by atoms with Crippen LogP contribution in [-0.4, -0.2) is 65.2 Å². The van der Waals surface area contributed by atoms with Gasteiger partial charge >= 0.3 is 0 Å². The van der Waals surface area contributed by atoms with Gasteiger partial charge in [-0.15, -0.1) is 0 Å². The first-order valence-corrected chi connectivity index (χ1v) is 14.0. The second-order valence-electron chi connectivity index (χ2n) is 9.76. The summed E-state index contributed by atoms with van der Waals surface area (Å²) >= 11 is 6.65. The molecule has 2 N–H and O–H groups in total. The molecule has 9 heteroatoms. The van der Waals surface area contributed by atoms with Gasteiger partial charge in [0.1, 0.15) is 6.29 Å². The quantitative estimate of drug-likeness (QED) is 0.356. The maximum absolute atomic E-state index is 11.4. The highest BCUT2D eigenvalue weighted by Gasteiger charge is 2.27. The number of aldehydes is 1. The van der Waals surface area contributed by atoms with Crippen molar-refractivity contribution in [2.45, 2.75) is 64.3 Å². The molecule has 2 aliphatic rings. The fourth-order valence-corrected chi connectivity index (χ4v) is 4.85. The van der Waals surface area contributed by atoms with Gasteiger partial charge < -0.3 is 15.5 Å². The Bertz CT molecular complexity index is 1140. The molecule has 1 saturated heterocycles. The maximum Gasteiger partial charge on any atom is 0.227 e. The van der Waals surface area contributed by atoms with E-state index in [1.165, 1.54) is 0 Å². The topological polar surface area (TPSA) is 88.0 Å². The van der Waals surface area contributed by atoms with Crippen LogP contribution in [0.25, 0.3) is 0 Å². The second kappa shape index (κ2) is 15.0. The highest BCUT2D eigenvalue weighted by atomic mass is 35.5. The van der Waals surface area contributed by atoms with Gasteiger partial charge in [0, 0.05) is 29.2 Å². The summed E-state index contributed by atoms with van der Waals surface area (Å²) < 4.78 is 2.05. The number of carbonyl (C=O) groups excluding carboxylic acids is 1. The number of piperidine rings is 1. The minimum atomic E-state index is 0.449. The van der Waals surface area contributed by atoms with Gasteiger partial charge in [0.2, 0.25) is 5.95 Å². The molecular weight excluding hydrogens is 498 g/mol. The number of likely N-dealkylation sites (tertiary alicyclic amines) is 1. The molecule has 0 amide bonds. The van der Waals surface area contributed by atoms with Gasteiger partial charge in [-0.05, 0) is 107 Å². The number of rotatable bonds is 8. The molecular formula is C29H42ClN7O. The van der Waals surface area contributed by atoms with Crippen LogP contribution in [0.4, 0.5) is 11.6 Å². The summed E-state index contributed by atoms with van der Waals surface area (Å²) in [5.74, 6) is 1.06. The molecule has 3 heterocycles. The van der Waals surface area contributed by atoms with Crippen molar-refractivity contribution >= 4 is 29.5 Å².